The lowest BCUT2D eigenvalue weighted by atomic mass is 9.87. The average molecular weight is 253 g/mol. The molecule has 1 atom stereocenters. The SMILES string of the molecule is COC(=O)C1CCCN1C(=O)C1CCC(=O)CC1. The van der Waals surface area contributed by atoms with Gasteiger partial charge in [0.1, 0.15) is 11.8 Å². The molecule has 0 spiro atoms. The van der Waals surface area contributed by atoms with E-state index in [9.17, 15) is 14.4 Å². The largest absolute Gasteiger partial charge is 0.467 e. The maximum absolute atomic E-state index is 12.3. The average Bonchev–Trinajstić information content (AvgIpc) is 2.87. The zero-order valence-corrected chi connectivity index (χ0v) is 10.7. The standard InChI is InChI=1S/C13H19NO4/c1-18-13(17)11-3-2-8-14(11)12(16)9-4-6-10(15)7-5-9/h9,11H,2-8H2,1H3. The number of likely N-dealkylation sites (tertiary alicyclic amines) is 1. The number of Topliss-reactive ketones (excluding diaryl/α,β-unsaturated/α-hetero) is 1. The minimum absolute atomic E-state index is 0.0235. The number of ether oxygens (including phenoxy) is 1. The number of nitrogens with zero attached hydrogens (tertiary/aromatic N) is 1. The van der Waals surface area contributed by atoms with Crippen molar-refractivity contribution in [2.45, 2.75) is 44.6 Å². The molecular formula is C13H19NO4. The maximum Gasteiger partial charge on any atom is 0.328 e. The zero-order chi connectivity index (χ0) is 13.1. The summed E-state index contributed by atoms with van der Waals surface area (Å²) in [6, 6.07) is -0.417. The highest BCUT2D eigenvalue weighted by molar-refractivity contribution is 5.88. The van der Waals surface area contributed by atoms with Crippen molar-refractivity contribution in [3.63, 3.8) is 0 Å². The number of methoxy groups -OCH3 is 1. The smallest absolute Gasteiger partial charge is 0.328 e. The van der Waals surface area contributed by atoms with Gasteiger partial charge in [0.05, 0.1) is 7.11 Å². The molecule has 1 heterocycles. The van der Waals surface area contributed by atoms with Crippen molar-refractivity contribution in [2.75, 3.05) is 13.7 Å². The zero-order valence-electron chi connectivity index (χ0n) is 10.7. The Labute approximate surface area is 106 Å². The van der Waals surface area contributed by atoms with E-state index in [0.717, 1.165) is 6.42 Å². The Morgan fingerprint density at radius 1 is 1.22 bits per heavy atom. The monoisotopic (exact) mass is 253 g/mol. The third-order valence-corrected chi connectivity index (χ3v) is 3.90. The first-order valence-corrected chi connectivity index (χ1v) is 6.53. The molecule has 1 aliphatic carbocycles. The molecule has 1 saturated carbocycles. The summed E-state index contributed by atoms with van der Waals surface area (Å²) in [6.45, 7) is 0.628. The van der Waals surface area contributed by atoms with E-state index in [2.05, 4.69) is 0 Å². The summed E-state index contributed by atoms with van der Waals surface area (Å²) in [7, 11) is 1.35. The molecule has 1 amide bonds. The van der Waals surface area contributed by atoms with Gasteiger partial charge >= 0.3 is 5.97 Å². The van der Waals surface area contributed by atoms with Crippen LogP contribution in [0.1, 0.15) is 38.5 Å². The molecule has 18 heavy (non-hydrogen) atoms. The molecule has 0 bridgehead atoms. The van der Waals surface area contributed by atoms with E-state index in [1.807, 2.05) is 0 Å². The van der Waals surface area contributed by atoms with Crippen LogP contribution in [0.3, 0.4) is 0 Å². The summed E-state index contributed by atoms with van der Waals surface area (Å²) < 4.78 is 4.73. The van der Waals surface area contributed by atoms with Crippen molar-refractivity contribution < 1.29 is 19.1 Å². The molecule has 1 aliphatic heterocycles. The molecule has 0 aromatic rings. The Bertz CT molecular complexity index is 356. The predicted octanol–water partition coefficient (Wildman–Crippen LogP) is 0.910. The third kappa shape index (κ3) is 2.54. The van der Waals surface area contributed by atoms with Crippen LogP contribution in [0.25, 0.3) is 0 Å². The molecule has 0 aromatic carbocycles. The second-order valence-electron chi connectivity index (χ2n) is 5.03. The van der Waals surface area contributed by atoms with Gasteiger partial charge in [0.15, 0.2) is 0 Å². The van der Waals surface area contributed by atoms with Gasteiger partial charge in [0.25, 0.3) is 0 Å². The lowest BCUT2D eigenvalue weighted by Gasteiger charge is -2.29. The van der Waals surface area contributed by atoms with E-state index in [1.54, 1.807) is 4.90 Å². The number of amides is 1. The fraction of sp³-hybridized carbons (Fsp3) is 0.769. The molecule has 5 heteroatoms. The molecule has 0 aromatic heterocycles. The number of hydrogen-bond donors (Lipinski definition) is 0. The molecule has 2 fully saturated rings. The highest BCUT2D eigenvalue weighted by atomic mass is 16.5. The Balaban J connectivity index is 1.99. The minimum atomic E-state index is -0.417. The van der Waals surface area contributed by atoms with Gasteiger partial charge in [-0.3, -0.25) is 9.59 Å². The maximum atomic E-state index is 12.3. The number of ketones is 1. The fourth-order valence-corrected chi connectivity index (χ4v) is 2.83. The van der Waals surface area contributed by atoms with E-state index in [-0.39, 0.29) is 23.6 Å². The van der Waals surface area contributed by atoms with Crippen molar-refractivity contribution in [3.8, 4) is 0 Å². The second kappa shape index (κ2) is 5.50. The van der Waals surface area contributed by atoms with Crippen molar-refractivity contribution >= 4 is 17.7 Å². The Kier molecular flexibility index (Phi) is 3.99. The third-order valence-electron chi connectivity index (χ3n) is 3.90. The first kappa shape index (κ1) is 13.1. The molecule has 0 N–H and O–H groups in total. The molecule has 2 rings (SSSR count). The van der Waals surface area contributed by atoms with Gasteiger partial charge in [-0.25, -0.2) is 4.79 Å². The van der Waals surface area contributed by atoms with Crippen LogP contribution in [0.4, 0.5) is 0 Å². The quantitative estimate of drug-likeness (QED) is 0.686. The topological polar surface area (TPSA) is 63.7 Å². The molecular weight excluding hydrogens is 234 g/mol. The van der Waals surface area contributed by atoms with E-state index >= 15 is 0 Å². The second-order valence-corrected chi connectivity index (χ2v) is 5.03. The van der Waals surface area contributed by atoms with E-state index in [1.165, 1.54) is 7.11 Å². The molecule has 1 unspecified atom stereocenters. The van der Waals surface area contributed by atoms with Crippen molar-refractivity contribution in [2.24, 2.45) is 5.92 Å². The first-order chi connectivity index (χ1) is 8.63. The van der Waals surface area contributed by atoms with Gasteiger partial charge in [0.2, 0.25) is 5.91 Å². The first-order valence-electron chi connectivity index (χ1n) is 6.53. The van der Waals surface area contributed by atoms with Crippen LogP contribution in [0.15, 0.2) is 0 Å². The summed E-state index contributed by atoms with van der Waals surface area (Å²) in [5.41, 5.74) is 0. The van der Waals surface area contributed by atoms with Gasteiger partial charge < -0.3 is 9.64 Å². The van der Waals surface area contributed by atoms with Crippen molar-refractivity contribution in [1.29, 1.82) is 0 Å². The summed E-state index contributed by atoms with van der Waals surface area (Å²) in [4.78, 5) is 36.8. The molecule has 5 nitrogen and oxygen atoms in total. The van der Waals surface area contributed by atoms with Crippen LogP contribution in [-0.4, -0.2) is 42.3 Å². The van der Waals surface area contributed by atoms with E-state index in [0.29, 0.717) is 38.6 Å². The van der Waals surface area contributed by atoms with Crippen LogP contribution in [-0.2, 0) is 19.1 Å². The lowest BCUT2D eigenvalue weighted by molar-refractivity contribution is -0.153. The molecule has 100 valence electrons. The predicted molar refractivity (Wildman–Crippen MR) is 63.7 cm³/mol. The van der Waals surface area contributed by atoms with Crippen LogP contribution in [0.2, 0.25) is 0 Å². The summed E-state index contributed by atoms with van der Waals surface area (Å²) >= 11 is 0. The van der Waals surface area contributed by atoms with Crippen LogP contribution in [0, 0.1) is 5.92 Å². The lowest BCUT2D eigenvalue weighted by Crippen LogP contribution is -2.44. The fourth-order valence-electron chi connectivity index (χ4n) is 2.83. The highest BCUT2D eigenvalue weighted by Crippen LogP contribution is 2.27. The number of hydrogen-bond acceptors (Lipinski definition) is 4. The highest BCUT2D eigenvalue weighted by Gasteiger charge is 2.38. The van der Waals surface area contributed by atoms with E-state index in [4.69, 9.17) is 4.74 Å². The van der Waals surface area contributed by atoms with Crippen LogP contribution < -0.4 is 0 Å². The number of carbonyl (C=O) groups excluding carboxylic acids is 3. The van der Waals surface area contributed by atoms with E-state index < -0.39 is 6.04 Å². The van der Waals surface area contributed by atoms with Crippen molar-refractivity contribution in [3.05, 3.63) is 0 Å². The van der Waals surface area contributed by atoms with Crippen LogP contribution >= 0.6 is 0 Å². The van der Waals surface area contributed by atoms with Gasteiger partial charge in [-0.1, -0.05) is 0 Å². The Hall–Kier alpha value is -1.39. The van der Waals surface area contributed by atoms with Gasteiger partial charge in [0, 0.05) is 25.3 Å². The summed E-state index contributed by atoms with van der Waals surface area (Å²) in [6.07, 6.45) is 3.77. The normalized spacial score (nSPS) is 25.3. The van der Waals surface area contributed by atoms with Crippen molar-refractivity contribution in [1.82, 2.24) is 4.90 Å². The molecule has 1 saturated heterocycles. The minimum Gasteiger partial charge on any atom is -0.467 e. The van der Waals surface area contributed by atoms with Gasteiger partial charge in [-0.05, 0) is 25.7 Å². The molecule has 2 aliphatic rings. The number of esters is 1. The molecule has 0 radical (unpaired) electrons. The van der Waals surface area contributed by atoms with Crippen LogP contribution in [0.5, 0.6) is 0 Å². The van der Waals surface area contributed by atoms with Gasteiger partial charge in [-0.2, -0.15) is 0 Å². The Morgan fingerprint density at radius 2 is 1.89 bits per heavy atom. The number of rotatable bonds is 2. The number of carbonyl (C=O) groups is 3. The Morgan fingerprint density at radius 3 is 2.50 bits per heavy atom. The van der Waals surface area contributed by atoms with Gasteiger partial charge in [-0.15, -0.1) is 0 Å². The summed E-state index contributed by atoms with van der Waals surface area (Å²) in [5, 5.41) is 0. The summed E-state index contributed by atoms with van der Waals surface area (Å²) in [5.74, 6) is -0.152.